The van der Waals surface area contributed by atoms with E-state index in [0.717, 1.165) is 17.3 Å². The van der Waals surface area contributed by atoms with Gasteiger partial charge in [0.1, 0.15) is 0 Å². The lowest BCUT2D eigenvalue weighted by atomic mass is 10.00. The molecule has 0 fully saturated rings. The standard InChI is InChI=1S/C13H18BrN/c1-13(2,15)10-4-3-5-11-6-8-12(14)9-7-11/h3,5-9H,4,10,15H2,1-2H3/b5-3+. The molecule has 0 spiro atoms. The average molecular weight is 268 g/mol. The smallest absolute Gasteiger partial charge is 0.0175 e. The average Bonchev–Trinajstić information content (AvgIpc) is 2.14. The van der Waals surface area contributed by atoms with Crippen LogP contribution in [0.5, 0.6) is 0 Å². The van der Waals surface area contributed by atoms with Gasteiger partial charge in [0, 0.05) is 10.0 Å². The van der Waals surface area contributed by atoms with Crippen molar-refractivity contribution < 1.29 is 0 Å². The first kappa shape index (κ1) is 12.5. The maximum atomic E-state index is 5.89. The van der Waals surface area contributed by atoms with Crippen LogP contribution in [0.4, 0.5) is 0 Å². The first-order valence-corrected chi connectivity index (χ1v) is 5.98. The highest BCUT2D eigenvalue weighted by molar-refractivity contribution is 9.10. The van der Waals surface area contributed by atoms with E-state index in [1.54, 1.807) is 0 Å². The van der Waals surface area contributed by atoms with Crippen molar-refractivity contribution in [1.82, 2.24) is 0 Å². The Hall–Kier alpha value is -0.600. The lowest BCUT2D eigenvalue weighted by molar-refractivity contribution is 0.482. The molecule has 0 aliphatic carbocycles. The van der Waals surface area contributed by atoms with Crippen molar-refractivity contribution in [3.05, 3.63) is 40.4 Å². The van der Waals surface area contributed by atoms with Crippen LogP contribution in [0.2, 0.25) is 0 Å². The van der Waals surface area contributed by atoms with Crippen molar-refractivity contribution >= 4 is 22.0 Å². The van der Waals surface area contributed by atoms with Gasteiger partial charge in [-0.05, 0) is 44.4 Å². The maximum Gasteiger partial charge on any atom is 0.0175 e. The molecule has 15 heavy (non-hydrogen) atoms. The van der Waals surface area contributed by atoms with Crippen LogP contribution in [0.15, 0.2) is 34.8 Å². The summed E-state index contributed by atoms with van der Waals surface area (Å²) in [6, 6.07) is 8.28. The van der Waals surface area contributed by atoms with Crippen molar-refractivity contribution in [2.75, 3.05) is 0 Å². The van der Waals surface area contributed by atoms with Gasteiger partial charge in [0.15, 0.2) is 0 Å². The van der Waals surface area contributed by atoms with Crippen LogP contribution in [-0.2, 0) is 0 Å². The first-order valence-electron chi connectivity index (χ1n) is 5.18. The van der Waals surface area contributed by atoms with E-state index in [0.29, 0.717) is 0 Å². The Balaban J connectivity index is 2.42. The predicted octanol–water partition coefficient (Wildman–Crippen LogP) is 3.98. The fourth-order valence-electron chi connectivity index (χ4n) is 1.25. The van der Waals surface area contributed by atoms with Crippen LogP contribution in [0.25, 0.3) is 6.08 Å². The molecular formula is C13H18BrN. The summed E-state index contributed by atoms with van der Waals surface area (Å²) in [5.74, 6) is 0. The van der Waals surface area contributed by atoms with Crippen molar-refractivity contribution in [3.63, 3.8) is 0 Å². The van der Waals surface area contributed by atoms with Crippen LogP contribution >= 0.6 is 15.9 Å². The van der Waals surface area contributed by atoms with Crippen LogP contribution in [0.3, 0.4) is 0 Å². The Morgan fingerprint density at radius 2 is 1.87 bits per heavy atom. The Morgan fingerprint density at radius 1 is 1.27 bits per heavy atom. The van der Waals surface area contributed by atoms with Gasteiger partial charge in [0.2, 0.25) is 0 Å². The van der Waals surface area contributed by atoms with Gasteiger partial charge >= 0.3 is 0 Å². The lowest BCUT2D eigenvalue weighted by Gasteiger charge is -2.16. The molecule has 0 aliphatic rings. The van der Waals surface area contributed by atoms with Gasteiger partial charge in [-0.1, -0.05) is 40.2 Å². The molecule has 0 radical (unpaired) electrons. The monoisotopic (exact) mass is 267 g/mol. The SMILES string of the molecule is CC(C)(N)CC/C=C/c1ccc(Br)cc1. The molecule has 1 nitrogen and oxygen atoms in total. The molecule has 1 aromatic rings. The van der Waals surface area contributed by atoms with Crippen molar-refractivity contribution in [3.8, 4) is 0 Å². The zero-order chi connectivity index (χ0) is 11.3. The predicted molar refractivity (Wildman–Crippen MR) is 70.7 cm³/mol. The lowest BCUT2D eigenvalue weighted by Crippen LogP contribution is -2.31. The third-order valence-corrected chi connectivity index (χ3v) is 2.66. The van der Waals surface area contributed by atoms with Crippen molar-refractivity contribution in [2.45, 2.75) is 32.2 Å². The second-order valence-electron chi connectivity index (χ2n) is 4.48. The molecule has 0 atom stereocenters. The molecule has 0 aromatic heterocycles. The van der Waals surface area contributed by atoms with Gasteiger partial charge in [0.05, 0.1) is 0 Å². The fourth-order valence-corrected chi connectivity index (χ4v) is 1.51. The Bertz CT molecular complexity index is 319. The summed E-state index contributed by atoms with van der Waals surface area (Å²) in [6.45, 7) is 4.11. The zero-order valence-electron chi connectivity index (χ0n) is 9.33. The van der Waals surface area contributed by atoms with Gasteiger partial charge in [0.25, 0.3) is 0 Å². The number of rotatable bonds is 4. The third kappa shape index (κ3) is 5.75. The van der Waals surface area contributed by atoms with Crippen molar-refractivity contribution in [1.29, 1.82) is 0 Å². The molecule has 82 valence electrons. The highest BCUT2D eigenvalue weighted by Crippen LogP contribution is 2.13. The number of hydrogen-bond donors (Lipinski definition) is 1. The molecule has 1 aromatic carbocycles. The Kier molecular flexibility index (Phi) is 4.55. The van der Waals surface area contributed by atoms with E-state index in [2.05, 4.69) is 54.1 Å². The second-order valence-corrected chi connectivity index (χ2v) is 5.40. The number of hydrogen-bond acceptors (Lipinski definition) is 1. The summed E-state index contributed by atoms with van der Waals surface area (Å²) < 4.78 is 1.11. The second kappa shape index (κ2) is 5.47. The molecule has 1 rings (SSSR count). The summed E-state index contributed by atoms with van der Waals surface area (Å²) in [5, 5.41) is 0. The molecule has 0 aliphatic heterocycles. The van der Waals surface area contributed by atoms with E-state index in [9.17, 15) is 0 Å². The normalized spacial score (nSPS) is 12.3. The molecule has 0 amide bonds. The molecule has 2 N–H and O–H groups in total. The minimum Gasteiger partial charge on any atom is -0.326 e. The largest absolute Gasteiger partial charge is 0.326 e. The molecular weight excluding hydrogens is 250 g/mol. The first-order chi connectivity index (χ1) is 6.97. The Morgan fingerprint density at radius 3 is 2.40 bits per heavy atom. The van der Waals surface area contributed by atoms with E-state index in [1.165, 1.54) is 5.56 Å². The molecule has 0 saturated heterocycles. The summed E-state index contributed by atoms with van der Waals surface area (Å²) in [7, 11) is 0. The Labute approximate surface area is 101 Å². The third-order valence-electron chi connectivity index (χ3n) is 2.14. The van der Waals surface area contributed by atoms with Crippen molar-refractivity contribution in [2.24, 2.45) is 5.73 Å². The van der Waals surface area contributed by atoms with Gasteiger partial charge < -0.3 is 5.73 Å². The summed E-state index contributed by atoms with van der Waals surface area (Å²) in [4.78, 5) is 0. The topological polar surface area (TPSA) is 26.0 Å². The number of allylic oxidation sites excluding steroid dienone is 1. The molecule has 0 unspecified atom stereocenters. The fraction of sp³-hybridized carbons (Fsp3) is 0.385. The zero-order valence-corrected chi connectivity index (χ0v) is 10.9. The molecule has 0 heterocycles. The van der Waals surface area contributed by atoms with Gasteiger partial charge in [-0.2, -0.15) is 0 Å². The van der Waals surface area contributed by atoms with Gasteiger partial charge in [-0.15, -0.1) is 0 Å². The van der Waals surface area contributed by atoms with E-state index in [-0.39, 0.29) is 5.54 Å². The number of benzene rings is 1. The van der Waals surface area contributed by atoms with Crippen LogP contribution in [0, 0.1) is 0 Å². The van der Waals surface area contributed by atoms with E-state index >= 15 is 0 Å². The van der Waals surface area contributed by atoms with Crippen LogP contribution in [0.1, 0.15) is 32.3 Å². The molecule has 2 heteroatoms. The highest BCUT2D eigenvalue weighted by Gasteiger charge is 2.07. The van der Waals surface area contributed by atoms with E-state index < -0.39 is 0 Å². The van der Waals surface area contributed by atoms with E-state index in [1.807, 2.05) is 12.1 Å². The summed E-state index contributed by atoms with van der Waals surface area (Å²) in [5.41, 5.74) is 7.06. The maximum absolute atomic E-state index is 5.89. The van der Waals surface area contributed by atoms with Gasteiger partial charge in [-0.25, -0.2) is 0 Å². The van der Waals surface area contributed by atoms with Crippen LogP contribution < -0.4 is 5.73 Å². The number of nitrogens with two attached hydrogens (primary N) is 1. The summed E-state index contributed by atoms with van der Waals surface area (Å²) in [6.07, 6.45) is 6.36. The molecule has 0 bridgehead atoms. The number of halogens is 1. The van der Waals surface area contributed by atoms with Crippen LogP contribution in [-0.4, -0.2) is 5.54 Å². The van der Waals surface area contributed by atoms with E-state index in [4.69, 9.17) is 5.73 Å². The summed E-state index contributed by atoms with van der Waals surface area (Å²) >= 11 is 3.41. The minimum absolute atomic E-state index is 0.0654. The minimum atomic E-state index is -0.0654. The molecule has 0 saturated carbocycles. The van der Waals surface area contributed by atoms with Gasteiger partial charge in [-0.3, -0.25) is 0 Å². The quantitative estimate of drug-likeness (QED) is 0.878. The highest BCUT2D eigenvalue weighted by atomic mass is 79.9.